The molecule has 4 nitrogen and oxygen atoms in total. The Morgan fingerprint density at radius 1 is 1.25 bits per heavy atom. The summed E-state index contributed by atoms with van der Waals surface area (Å²) in [5, 5.41) is 2.85. The number of nitrogens with zero attached hydrogens (tertiary/aromatic N) is 1. The summed E-state index contributed by atoms with van der Waals surface area (Å²) in [6.07, 6.45) is 1.36. The van der Waals surface area contributed by atoms with Crippen LogP contribution in [0.4, 0.5) is 5.69 Å². The molecule has 0 aliphatic heterocycles. The van der Waals surface area contributed by atoms with Gasteiger partial charge in [-0.25, -0.2) is 4.98 Å². The number of fused-ring (bicyclic) bond motifs is 1. The average molecular weight is 331 g/mol. The van der Waals surface area contributed by atoms with Gasteiger partial charge >= 0.3 is 0 Å². The Bertz CT molecular complexity index is 795. The van der Waals surface area contributed by atoms with Crippen LogP contribution in [-0.2, 0) is 0 Å². The number of hydrogen-bond acceptors (Lipinski definition) is 3. The van der Waals surface area contributed by atoms with Crippen LogP contribution in [0.3, 0.4) is 0 Å². The van der Waals surface area contributed by atoms with E-state index < -0.39 is 0 Å². The van der Waals surface area contributed by atoms with Crippen molar-refractivity contribution in [1.82, 2.24) is 4.98 Å². The SMILES string of the molecule is Cc1ccc(NC(=O)c2ccc3ncoc3c2)cc1Br. The van der Waals surface area contributed by atoms with Crippen LogP contribution in [0.5, 0.6) is 0 Å². The first-order valence-electron chi connectivity index (χ1n) is 6.04. The lowest BCUT2D eigenvalue weighted by Gasteiger charge is -2.07. The molecule has 0 atom stereocenters. The molecule has 0 unspecified atom stereocenters. The van der Waals surface area contributed by atoms with Crippen LogP contribution in [0.15, 0.2) is 51.7 Å². The average Bonchev–Trinajstić information content (AvgIpc) is 2.90. The second-order valence-corrected chi connectivity index (χ2v) is 5.31. The normalized spacial score (nSPS) is 10.7. The minimum Gasteiger partial charge on any atom is -0.443 e. The van der Waals surface area contributed by atoms with Gasteiger partial charge < -0.3 is 9.73 Å². The summed E-state index contributed by atoms with van der Waals surface area (Å²) >= 11 is 3.44. The fourth-order valence-electron chi connectivity index (χ4n) is 1.87. The number of aromatic nitrogens is 1. The molecule has 1 heterocycles. The Hall–Kier alpha value is -2.14. The highest BCUT2D eigenvalue weighted by atomic mass is 79.9. The Labute approximate surface area is 123 Å². The van der Waals surface area contributed by atoms with Crippen molar-refractivity contribution in [3.05, 3.63) is 58.4 Å². The maximum atomic E-state index is 12.2. The first-order valence-corrected chi connectivity index (χ1v) is 6.83. The number of oxazole rings is 1. The van der Waals surface area contributed by atoms with Gasteiger partial charge in [-0.3, -0.25) is 4.79 Å². The zero-order valence-corrected chi connectivity index (χ0v) is 12.3. The number of nitrogens with one attached hydrogen (secondary N) is 1. The minimum absolute atomic E-state index is 0.181. The third-order valence-electron chi connectivity index (χ3n) is 3.02. The van der Waals surface area contributed by atoms with Gasteiger partial charge in [-0.15, -0.1) is 0 Å². The summed E-state index contributed by atoms with van der Waals surface area (Å²) < 4.78 is 6.15. The van der Waals surface area contributed by atoms with Crippen LogP contribution in [0.2, 0.25) is 0 Å². The summed E-state index contributed by atoms with van der Waals surface area (Å²) in [6, 6.07) is 10.9. The number of anilines is 1. The zero-order chi connectivity index (χ0) is 14.1. The quantitative estimate of drug-likeness (QED) is 0.767. The maximum absolute atomic E-state index is 12.2. The number of aryl methyl sites for hydroxylation is 1. The molecule has 20 heavy (non-hydrogen) atoms. The lowest BCUT2D eigenvalue weighted by Crippen LogP contribution is -2.11. The summed E-state index contributed by atoms with van der Waals surface area (Å²) in [6.45, 7) is 1.99. The molecule has 0 radical (unpaired) electrons. The molecule has 0 spiro atoms. The zero-order valence-electron chi connectivity index (χ0n) is 10.7. The molecule has 0 bridgehead atoms. The van der Waals surface area contributed by atoms with Gasteiger partial charge in [-0.2, -0.15) is 0 Å². The Morgan fingerprint density at radius 2 is 2.10 bits per heavy atom. The number of carbonyl (C=O) groups excluding carboxylic acids is 1. The van der Waals surface area contributed by atoms with Crippen molar-refractivity contribution in [2.45, 2.75) is 6.92 Å². The molecular formula is C15H11BrN2O2. The van der Waals surface area contributed by atoms with E-state index in [1.54, 1.807) is 18.2 Å². The van der Waals surface area contributed by atoms with Crippen LogP contribution >= 0.6 is 15.9 Å². The standard InChI is InChI=1S/C15H11BrN2O2/c1-9-2-4-11(7-12(9)16)18-15(19)10-3-5-13-14(6-10)20-8-17-13/h2-8H,1H3,(H,18,19). The Balaban J connectivity index is 1.86. The Kier molecular flexibility index (Phi) is 3.28. The number of hydrogen-bond donors (Lipinski definition) is 1. The molecule has 100 valence electrons. The van der Waals surface area contributed by atoms with Gasteiger partial charge in [0.15, 0.2) is 12.0 Å². The fourth-order valence-corrected chi connectivity index (χ4v) is 2.25. The van der Waals surface area contributed by atoms with Crippen LogP contribution in [0.25, 0.3) is 11.1 Å². The maximum Gasteiger partial charge on any atom is 0.255 e. The highest BCUT2D eigenvalue weighted by Gasteiger charge is 2.09. The number of halogens is 1. The van der Waals surface area contributed by atoms with E-state index in [2.05, 4.69) is 26.2 Å². The van der Waals surface area contributed by atoms with Gasteiger partial charge in [-0.05, 0) is 42.8 Å². The predicted molar refractivity (Wildman–Crippen MR) is 80.8 cm³/mol. The minimum atomic E-state index is -0.181. The molecular weight excluding hydrogens is 320 g/mol. The molecule has 0 aliphatic rings. The van der Waals surface area contributed by atoms with Crippen LogP contribution in [0, 0.1) is 6.92 Å². The molecule has 0 saturated carbocycles. The van der Waals surface area contributed by atoms with E-state index >= 15 is 0 Å². The first kappa shape index (κ1) is 12.9. The van der Waals surface area contributed by atoms with Gasteiger partial charge in [-0.1, -0.05) is 22.0 Å². The van der Waals surface area contributed by atoms with Gasteiger partial charge in [0.25, 0.3) is 5.91 Å². The lowest BCUT2D eigenvalue weighted by atomic mass is 10.2. The molecule has 0 aliphatic carbocycles. The molecule has 1 aromatic heterocycles. The summed E-state index contributed by atoms with van der Waals surface area (Å²) in [5.74, 6) is -0.181. The highest BCUT2D eigenvalue weighted by Crippen LogP contribution is 2.21. The van der Waals surface area contributed by atoms with E-state index in [0.29, 0.717) is 11.1 Å². The summed E-state index contributed by atoms with van der Waals surface area (Å²) in [7, 11) is 0. The van der Waals surface area contributed by atoms with E-state index in [4.69, 9.17) is 4.42 Å². The van der Waals surface area contributed by atoms with Crippen molar-refractivity contribution in [2.75, 3.05) is 5.32 Å². The van der Waals surface area contributed by atoms with Gasteiger partial charge in [0.05, 0.1) is 0 Å². The predicted octanol–water partition coefficient (Wildman–Crippen LogP) is 4.15. The van der Waals surface area contributed by atoms with E-state index in [1.165, 1.54) is 6.39 Å². The van der Waals surface area contributed by atoms with Crippen molar-refractivity contribution in [1.29, 1.82) is 0 Å². The van der Waals surface area contributed by atoms with E-state index in [-0.39, 0.29) is 5.91 Å². The molecule has 3 aromatic rings. The smallest absolute Gasteiger partial charge is 0.255 e. The third-order valence-corrected chi connectivity index (χ3v) is 3.88. The van der Waals surface area contributed by atoms with Gasteiger partial charge in [0, 0.05) is 15.7 Å². The molecule has 0 saturated heterocycles. The van der Waals surface area contributed by atoms with Crippen LogP contribution in [0.1, 0.15) is 15.9 Å². The highest BCUT2D eigenvalue weighted by molar-refractivity contribution is 9.10. The summed E-state index contributed by atoms with van der Waals surface area (Å²) in [5.41, 5.74) is 3.73. The van der Waals surface area contributed by atoms with E-state index in [1.807, 2.05) is 25.1 Å². The van der Waals surface area contributed by atoms with Gasteiger partial charge in [0.1, 0.15) is 5.52 Å². The molecule has 2 aromatic carbocycles. The lowest BCUT2D eigenvalue weighted by molar-refractivity contribution is 0.102. The summed E-state index contributed by atoms with van der Waals surface area (Å²) in [4.78, 5) is 16.2. The molecule has 1 N–H and O–H groups in total. The van der Waals surface area contributed by atoms with E-state index in [9.17, 15) is 4.79 Å². The topological polar surface area (TPSA) is 55.1 Å². The van der Waals surface area contributed by atoms with E-state index in [0.717, 1.165) is 21.2 Å². The van der Waals surface area contributed by atoms with Crippen LogP contribution < -0.4 is 5.32 Å². The van der Waals surface area contributed by atoms with Crippen molar-refractivity contribution in [3.63, 3.8) is 0 Å². The van der Waals surface area contributed by atoms with Gasteiger partial charge in [0.2, 0.25) is 0 Å². The van der Waals surface area contributed by atoms with Crippen molar-refractivity contribution in [3.8, 4) is 0 Å². The first-order chi connectivity index (χ1) is 9.63. The van der Waals surface area contributed by atoms with Crippen LogP contribution in [-0.4, -0.2) is 10.9 Å². The molecule has 0 fully saturated rings. The fraction of sp³-hybridized carbons (Fsp3) is 0.0667. The Morgan fingerprint density at radius 3 is 2.90 bits per heavy atom. The second-order valence-electron chi connectivity index (χ2n) is 4.45. The number of benzene rings is 2. The third kappa shape index (κ3) is 2.44. The largest absolute Gasteiger partial charge is 0.443 e. The number of carbonyl (C=O) groups is 1. The van der Waals surface area contributed by atoms with Crippen molar-refractivity contribution >= 4 is 38.6 Å². The number of rotatable bonds is 2. The molecule has 3 rings (SSSR count). The molecule has 1 amide bonds. The molecule has 5 heteroatoms. The van der Waals surface area contributed by atoms with Crippen molar-refractivity contribution in [2.24, 2.45) is 0 Å². The monoisotopic (exact) mass is 330 g/mol. The van der Waals surface area contributed by atoms with Crippen molar-refractivity contribution < 1.29 is 9.21 Å². The number of amides is 1. The second kappa shape index (κ2) is 5.09.